The molecule has 0 fully saturated rings. The first kappa shape index (κ1) is 16.4. The quantitative estimate of drug-likeness (QED) is 0.746. The Morgan fingerprint density at radius 2 is 1.88 bits per heavy atom. The third-order valence-corrected chi connectivity index (χ3v) is 3.25. The molecule has 3 aromatic rings. The van der Waals surface area contributed by atoms with E-state index in [4.69, 9.17) is 0 Å². The summed E-state index contributed by atoms with van der Waals surface area (Å²) in [7, 11) is 0. The average Bonchev–Trinajstić information content (AvgIpc) is 2.64. The lowest BCUT2D eigenvalue weighted by Crippen LogP contribution is -2.15. The number of benzene rings is 1. The number of hydrogen-bond donors (Lipinski definition) is 2. The number of carbonyl (C=O) groups is 1. The van der Waals surface area contributed by atoms with Crippen molar-refractivity contribution in [3.05, 3.63) is 78.0 Å². The third-order valence-electron chi connectivity index (χ3n) is 3.25. The van der Waals surface area contributed by atoms with Gasteiger partial charge in [0, 0.05) is 24.0 Å². The first-order valence-corrected chi connectivity index (χ1v) is 7.34. The number of carbonyl (C=O) groups excluding carboxylic acids is 1. The van der Waals surface area contributed by atoms with Crippen molar-refractivity contribution in [1.29, 1.82) is 0 Å². The first-order chi connectivity index (χ1) is 12.1. The van der Waals surface area contributed by atoms with Gasteiger partial charge in [0.1, 0.15) is 17.8 Å². The molecule has 0 saturated carbocycles. The summed E-state index contributed by atoms with van der Waals surface area (Å²) in [6.45, 7) is 0.433. The molecule has 0 spiro atoms. The van der Waals surface area contributed by atoms with Gasteiger partial charge in [-0.25, -0.2) is 18.7 Å². The molecule has 0 radical (unpaired) electrons. The van der Waals surface area contributed by atoms with E-state index in [9.17, 15) is 13.6 Å². The van der Waals surface area contributed by atoms with Gasteiger partial charge in [0.15, 0.2) is 11.6 Å². The molecule has 1 amide bonds. The Bertz CT molecular complexity index is 889. The van der Waals surface area contributed by atoms with Gasteiger partial charge < -0.3 is 10.6 Å². The molecule has 0 bridgehead atoms. The minimum Gasteiger partial charge on any atom is -0.364 e. The summed E-state index contributed by atoms with van der Waals surface area (Å²) in [6.07, 6.45) is 2.92. The lowest BCUT2D eigenvalue weighted by Gasteiger charge is -2.08. The molecule has 0 atom stereocenters. The van der Waals surface area contributed by atoms with Crippen molar-refractivity contribution in [2.45, 2.75) is 6.54 Å². The van der Waals surface area contributed by atoms with Gasteiger partial charge in [-0.3, -0.25) is 9.78 Å². The van der Waals surface area contributed by atoms with Gasteiger partial charge in [-0.05, 0) is 24.3 Å². The fourth-order valence-corrected chi connectivity index (χ4v) is 2.03. The summed E-state index contributed by atoms with van der Waals surface area (Å²) in [5.74, 6) is -2.15. The van der Waals surface area contributed by atoms with E-state index >= 15 is 0 Å². The van der Waals surface area contributed by atoms with Gasteiger partial charge in [0.25, 0.3) is 5.91 Å². The van der Waals surface area contributed by atoms with Crippen molar-refractivity contribution in [1.82, 2.24) is 15.0 Å². The SMILES string of the molecule is O=C(Nc1ccc(F)c(F)c1)c1cc(NCc2ccccn2)ncn1. The van der Waals surface area contributed by atoms with Crippen molar-refractivity contribution < 1.29 is 13.6 Å². The number of nitrogens with one attached hydrogen (secondary N) is 2. The molecule has 0 aliphatic carbocycles. The van der Waals surface area contributed by atoms with E-state index in [2.05, 4.69) is 25.6 Å². The van der Waals surface area contributed by atoms with Gasteiger partial charge in [-0.1, -0.05) is 6.07 Å². The van der Waals surface area contributed by atoms with E-state index in [1.165, 1.54) is 18.5 Å². The Labute approximate surface area is 142 Å². The molecule has 2 N–H and O–H groups in total. The molecular weight excluding hydrogens is 328 g/mol. The molecule has 0 saturated heterocycles. The maximum absolute atomic E-state index is 13.2. The molecule has 126 valence electrons. The fourth-order valence-electron chi connectivity index (χ4n) is 2.03. The van der Waals surface area contributed by atoms with Crippen molar-refractivity contribution in [2.75, 3.05) is 10.6 Å². The van der Waals surface area contributed by atoms with E-state index in [0.717, 1.165) is 17.8 Å². The van der Waals surface area contributed by atoms with Crippen LogP contribution in [0.3, 0.4) is 0 Å². The van der Waals surface area contributed by atoms with Crippen molar-refractivity contribution in [3.8, 4) is 0 Å². The Kier molecular flexibility index (Phi) is 4.89. The highest BCUT2D eigenvalue weighted by Gasteiger charge is 2.11. The highest BCUT2D eigenvalue weighted by Crippen LogP contribution is 2.14. The smallest absolute Gasteiger partial charge is 0.274 e. The second-order valence-corrected chi connectivity index (χ2v) is 5.05. The highest BCUT2D eigenvalue weighted by molar-refractivity contribution is 6.03. The zero-order valence-corrected chi connectivity index (χ0v) is 12.9. The van der Waals surface area contributed by atoms with Crippen LogP contribution in [0.4, 0.5) is 20.3 Å². The number of amides is 1. The number of pyridine rings is 1. The Morgan fingerprint density at radius 3 is 2.64 bits per heavy atom. The van der Waals surface area contributed by atoms with E-state index in [1.54, 1.807) is 6.20 Å². The van der Waals surface area contributed by atoms with Crippen LogP contribution < -0.4 is 10.6 Å². The van der Waals surface area contributed by atoms with E-state index in [0.29, 0.717) is 12.4 Å². The summed E-state index contributed by atoms with van der Waals surface area (Å²) >= 11 is 0. The monoisotopic (exact) mass is 341 g/mol. The van der Waals surface area contributed by atoms with Gasteiger partial charge in [0.05, 0.1) is 12.2 Å². The lowest BCUT2D eigenvalue weighted by molar-refractivity contribution is 0.102. The van der Waals surface area contributed by atoms with Crippen LogP contribution in [-0.4, -0.2) is 20.9 Å². The van der Waals surface area contributed by atoms with Crippen molar-refractivity contribution in [2.24, 2.45) is 0 Å². The van der Waals surface area contributed by atoms with E-state index in [-0.39, 0.29) is 11.4 Å². The summed E-state index contributed by atoms with van der Waals surface area (Å²) in [5.41, 5.74) is 1.03. The van der Waals surface area contributed by atoms with Gasteiger partial charge in [-0.15, -0.1) is 0 Å². The number of nitrogens with zero attached hydrogens (tertiary/aromatic N) is 3. The normalized spacial score (nSPS) is 10.3. The molecule has 0 aliphatic heterocycles. The molecule has 3 rings (SSSR count). The summed E-state index contributed by atoms with van der Waals surface area (Å²) in [5, 5.41) is 5.48. The first-order valence-electron chi connectivity index (χ1n) is 7.34. The second-order valence-electron chi connectivity index (χ2n) is 5.05. The van der Waals surface area contributed by atoms with Crippen LogP contribution in [0.2, 0.25) is 0 Å². The predicted molar refractivity (Wildman–Crippen MR) is 87.9 cm³/mol. The van der Waals surface area contributed by atoms with Gasteiger partial charge in [-0.2, -0.15) is 0 Å². The van der Waals surface area contributed by atoms with Crippen LogP contribution in [0.1, 0.15) is 16.2 Å². The topological polar surface area (TPSA) is 79.8 Å². The molecule has 2 aromatic heterocycles. The zero-order valence-electron chi connectivity index (χ0n) is 12.9. The second kappa shape index (κ2) is 7.43. The van der Waals surface area contributed by atoms with Crippen LogP contribution in [0, 0.1) is 11.6 Å². The maximum atomic E-state index is 13.2. The number of halogens is 2. The van der Waals surface area contributed by atoms with Crippen LogP contribution >= 0.6 is 0 Å². The molecule has 0 unspecified atom stereocenters. The fraction of sp³-hybridized carbons (Fsp3) is 0.0588. The minimum atomic E-state index is -1.04. The summed E-state index contributed by atoms with van der Waals surface area (Å²) < 4.78 is 26.1. The van der Waals surface area contributed by atoms with Crippen molar-refractivity contribution >= 4 is 17.4 Å². The van der Waals surface area contributed by atoms with E-state index in [1.807, 2.05) is 18.2 Å². The number of aromatic nitrogens is 3. The molecule has 6 nitrogen and oxygen atoms in total. The molecule has 8 heteroatoms. The van der Waals surface area contributed by atoms with Gasteiger partial charge >= 0.3 is 0 Å². The number of rotatable bonds is 5. The van der Waals surface area contributed by atoms with Gasteiger partial charge in [0.2, 0.25) is 0 Å². The molecule has 1 aromatic carbocycles. The molecule has 2 heterocycles. The number of hydrogen-bond acceptors (Lipinski definition) is 5. The lowest BCUT2D eigenvalue weighted by atomic mass is 10.2. The Hall–Kier alpha value is -3.42. The molecule has 25 heavy (non-hydrogen) atoms. The van der Waals surface area contributed by atoms with Crippen LogP contribution in [0.5, 0.6) is 0 Å². The third kappa shape index (κ3) is 4.31. The number of anilines is 2. The Morgan fingerprint density at radius 1 is 1.00 bits per heavy atom. The highest BCUT2D eigenvalue weighted by atomic mass is 19.2. The largest absolute Gasteiger partial charge is 0.364 e. The zero-order chi connectivity index (χ0) is 17.6. The van der Waals surface area contributed by atoms with Crippen molar-refractivity contribution in [3.63, 3.8) is 0 Å². The van der Waals surface area contributed by atoms with E-state index < -0.39 is 17.5 Å². The molecule has 0 aliphatic rings. The van der Waals surface area contributed by atoms with Crippen LogP contribution in [-0.2, 0) is 6.54 Å². The average molecular weight is 341 g/mol. The summed E-state index contributed by atoms with van der Waals surface area (Å²) in [6, 6.07) is 10.1. The maximum Gasteiger partial charge on any atom is 0.274 e. The van der Waals surface area contributed by atoms with Crippen LogP contribution in [0.25, 0.3) is 0 Å². The standard InChI is InChI=1S/C17H13F2N5O/c18-13-5-4-11(7-14(13)19)24-17(25)15-8-16(23-10-22-15)21-9-12-3-1-2-6-20-12/h1-8,10H,9H2,(H,24,25)(H,21,22,23). The predicted octanol–water partition coefficient (Wildman–Crippen LogP) is 3.01. The van der Waals surface area contributed by atoms with Crippen LogP contribution in [0.15, 0.2) is 55.0 Å². The summed E-state index contributed by atoms with van der Waals surface area (Å²) in [4.78, 5) is 24.3. The molecular formula is C17H13F2N5O. The Balaban J connectivity index is 1.67. The minimum absolute atomic E-state index is 0.0863.